The first-order valence-electron chi connectivity index (χ1n) is 5.37. The van der Waals surface area contributed by atoms with Crippen molar-refractivity contribution in [3.8, 4) is 0 Å². The molecule has 0 aliphatic rings. The molecule has 7 heteroatoms. The Morgan fingerprint density at radius 3 is 2.76 bits per heavy atom. The number of aromatic nitrogens is 1. The summed E-state index contributed by atoms with van der Waals surface area (Å²) in [4.78, 5) is 3.85. The number of rotatable bonds is 6. The topological polar surface area (TPSA) is 97.1 Å². The van der Waals surface area contributed by atoms with E-state index in [1.807, 2.05) is 13.8 Å². The Morgan fingerprint density at radius 2 is 2.18 bits per heavy atom. The van der Waals surface area contributed by atoms with Crippen molar-refractivity contribution in [3.63, 3.8) is 0 Å². The van der Waals surface area contributed by atoms with Crippen molar-refractivity contribution in [2.24, 2.45) is 11.8 Å². The van der Waals surface area contributed by atoms with Crippen LogP contribution >= 0.6 is 0 Å². The van der Waals surface area contributed by atoms with E-state index in [-0.39, 0.29) is 4.90 Å². The fourth-order valence-corrected chi connectivity index (χ4v) is 2.43. The quantitative estimate of drug-likeness (QED) is 0.515. The highest BCUT2D eigenvalue weighted by Gasteiger charge is 2.17. The predicted molar refractivity (Wildman–Crippen MR) is 66.7 cm³/mol. The monoisotopic (exact) mass is 258 g/mol. The van der Waals surface area contributed by atoms with Crippen LogP contribution in [-0.2, 0) is 10.0 Å². The molecule has 1 rings (SSSR count). The van der Waals surface area contributed by atoms with Crippen LogP contribution in [0.5, 0.6) is 0 Å². The average Bonchev–Trinajstić information content (AvgIpc) is 2.28. The highest BCUT2D eigenvalue weighted by Crippen LogP contribution is 2.17. The number of sulfonamides is 1. The molecule has 0 saturated carbocycles. The summed E-state index contributed by atoms with van der Waals surface area (Å²) in [5.41, 5.74) is 2.67. The maximum absolute atomic E-state index is 11.9. The van der Waals surface area contributed by atoms with Gasteiger partial charge < -0.3 is 5.43 Å². The zero-order valence-electron chi connectivity index (χ0n) is 9.97. The Morgan fingerprint density at radius 1 is 1.47 bits per heavy atom. The molecule has 17 heavy (non-hydrogen) atoms. The number of nitrogens with two attached hydrogens (primary N) is 1. The smallest absolute Gasteiger partial charge is 0.244 e. The minimum Gasteiger partial charge on any atom is -0.323 e. The minimum atomic E-state index is -3.55. The summed E-state index contributed by atoms with van der Waals surface area (Å²) in [5.74, 6) is 5.70. The second kappa shape index (κ2) is 5.95. The molecule has 4 N–H and O–H groups in total. The van der Waals surface area contributed by atoms with Crippen LogP contribution in [0.3, 0.4) is 0 Å². The van der Waals surface area contributed by atoms with Gasteiger partial charge in [-0.15, -0.1) is 0 Å². The minimum absolute atomic E-state index is 0.0613. The van der Waals surface area contributed by atoms with E-state index < -0.39 is 10.0 Å². The normalized spacial score (nSPS) is 11.8. The van der Waals surface area contributed by atoms with Crippen LogP contribution in [0.15, 0.2) is 23.4 Å². The third-order valence-corrected chi connectivity index (χ3v) is 3.73. The average molecular weight is 258 g/mol. The van der Waals surface area contributed by atoms with Crippen LogP contribution in [0.25, 0.3) is 0 Å². The Kier molecular flexibility index (Phi) is 4.86. The molecule has 96 valence electrons. The summed E-state index contributed by atoms with van der Waals surface area (Å²) in [6.07, 6.45) is 3.53. The van der Waals surface area contributed by atoms with E-state index in [0.29, 0.717) is 18.2 Å². The Labute approximate surface area is 102 Å². The lowest BCUT2D eigenvalue weighted by Crippen LogP contribution is -2.27. The van der Waals surface area contributed by atoms with Gasteiger partial charge in [0.1, 0.15) is 4.90 Å². The van der Waals surface area contributed by atoms with E-state index in [1.165, 1.54) is 18.5 Å². The molecule has 6 nitrogen and oxygen atoms in total. The molecule has 0 fully saturated rings. The van der Waals surface area contributed by atoms with E-state index in [0.717, 1.165) is 6.42 Å². The van der Waals surface area contributed by atoms with Crippen LogP contribution in [-0.4, -0.2) is 19.9 Å². The highest BCUT2D eigenvalue weighted by atomic mass is 32.2. The van der Waals surface area contributed by atoms with Gasteiger partial charge in [0.15, 0.2) is 0 Å². The third-order valence-electron chi connectivity index (χ3n) is 2.24. The van der Waals surface area contributed by atoms with Crippen molar-refractivity contribution >= 4 is 15.7 Å². The first kappa shape index (κ1) is 13.9. The number of anilines is 1. The maximum Gasteiger partial charge on any atom is 0.244 e. The molecule has 0 spiro atoms. The first-order valence-corrected chi connectivity index (χ1v) is 6.86. The summed E-state index contributed by atoms with van der Waals surface area (Å²) in [6, 6.07) is 1.51. The van der Waals surface area contributed by atoms with Crippen molar-refractivity contribution in [2.75, 3.05) is 12.0 Å². The lowest BCUT2D eigenvalue weighted by molar-refractivity contribution is 0.551. The van der Waals surface area contributed by atoms with Crippen LogP contribution in [0.4, 0.5) is 5.69 Å². The van der Waals surface area contributed by atoms with Gasteiger partial charge in [-0.05, 0) is 18.4 Å². The van der Waals surface area contributed by atoms with Crippen molar-refractivity contribution in [1.29, 1.82) is 0 Å². The van der Waals surface area contributed by atoms with Gasteiger partial charge in [-0.1, -0.05) is 13.8 Å². The van der Waals surface area contributed by atoms with Gasteiger partial charge in [-0.2, -0.15) is 0 Å². The van der Waals surface area contributed by atoms with Gasteiger partial charge in [0, 0.05) is 18.9 Å². The van der Waals surface area contributed by atoms with Gasteiger partial charge in [-0.25, -0.2) is 13.1 Å². The molecular formula is C10H18N4O2S. The second-order valence-corrected chi connectivity index (χ2v) is 5.83. The molecule has 0 aliphatic carbocycles. The molecule has 0 atom stereocenters. The van der Waals surface area contributed by atoms with E-state index >= 15 is 0 Å². The molecule has 1 aromatic heterocycles. The van der Waals surface area contributed by atoms with Crippen LogP contribution in [0, 0.1) is 5.92 Å². The first-order chi connectivity index (χ1) is 7.97. The lowest BCUT2D eigenvalue weighted by atomic mass is 10.1. The van der Waals surface area contributed by atoms with Gasteiger partial charge in [0.25, 0.3) is 0 Å². The van der Waals surface area contributed by atoms with E-state index in [1.54, 1.807) is 0 Å². The predicted octanol–water partition coefficient (Wildman–Crippen LogP) is 0.692. The molecule has 0 bridgehead atoms. The van der Waals surface area contributed by atoms with Gasteiger partial charge in [0.2, 0.25) is 10.0 Å². The summed E-state index contributed by atoms with van der Waals surface area (Å²) in [6.45, 7) is 4.47. The zero-order valence-corrected chi connectivity index (χ0v) is 10.8. The van der Waals surface area contributed by atoms with Crippen molar-refractivity contribution in [1.82, 2.24) is 9.71 Å². The zero-order chi connectivity index (χ0) is 12.9. The molecule has 0 amide bonds. The van der Waals surface area contributed by atoms with E-state index in [9.17, 15) is 8.42 Å². The standard InChI is InChI=1S/C10H18N4O2S/c1-8(2)3-6-13-17(15,16)10-7-12-5-4-9(10)14-11/h4-5,7-8,13H,3,6,11H2,1-2H3,(H,12,14). The number of hydrogen-bond acceptors (Lipinski definition) is 5. The van der Waals surface area contributed by atoms with Gasteiger partial charge in [-0.3, -0.25) is 10.8 Å². The van der Waals surface area contributed by atoms with Crippen LogP contribution < -0.4 is 16.0 Å². The molecule has 0 saturated heterocycles. The second-order valence-electron chi connectivity index (χ2n) is 4.10. The fourth-order valence-electron chi connectivity index (χ4n) is 1.27. The number of pyridine rings is 1. The highest BCUT2D eigenvalue weighted by molar-refractivity contribution is 7.89. The molecular weight excluding hydrogens is 240 g/mol. The molecule has 1 aromatic rings. The largest absolute Gasteiger partial charge is 0.323 e. The molecule has 0 unspecified atom stereocenters. The third kappa shape index (κ3) is 3.95. The van der Waals surface area contributed by atoms with Crippen molar-refractivity contribution in [2.45, 2.75) is 25.2 Å². The maximum atomic E-state index is 11.9. The van der Waals surface area contributed by atoms with Gasteiger partial charge in [0.05, 0.1) is 5.69 Å². The number of hydrogen-bond donors (Lipinski definition) is 3. The Balaban J connectivity index is 2.82. The Bertz CT molecular complexity index is 459. The van der Waals surface area contributed by atoms with Crippen molar-refractivity contribution < 1.29 is 8.42 Å². The van der Waals surface area contributed by atoms with Gasteiger partial charge >= 0.3 is 0 Å². The number of nitrogen functional groups attached to an aromatic ring is 1. The number of nitrogens with one attached hydrogen (secondary N) is 2. The van der Waals surface area contributed by atoms with E-state index in [2.05, 4.69) is 15.1 Å². The Hall–Kier alpha value is -1.18. The molecule has 0 aliphatic heterocycles. The molecule has 0 radical (unpaired) electrons. The number of hydrazine groups is 1. The summed E-state index contributed by atoms with van der Waals surface area (Å²) >= 11 is 0. The molecule has 0 aromatic carbocycles. The summed E-state index contributed by atoms with van der Waals surface area (Å²) in [7, 11) is -3.55. The number of nitrogens with zero attached hydrogens (tertiary/aromatic N) is 1. The summed E-state index contributed by atoms with van der Waals surface area (Å²) < 4.78 is 26.4. The fraction of sp³-hybridized carbons (Fsp3) is 0.500. The van der Waals surface area contributed by atoms with Crippen LogP contribution in [0.2, 0.25) is 0 Å². The SMILES string of the molecule is CC(C)CCNS(=O)(=O)c1cnccc1NN. The lowest BCUT2D eigenvalue weighted by Gasteiger charge is -2.11. The van der Waals surface area contributed by atoms with Crippen molar-refractivity contribution in [3.05, 3.63) is 18.5 Å². The van der Waals surface area contributed by atoms with Crippen LogP contribution in [0.1, 0.15) is 20.3 Å². The van der Waals surface area contributed by atoms with E-state index in [4.69, 9.17) is 5.84 Å². The summed E-state index contributed by atoms with van der Waals surface area (Å²) in [5, 5.41) is 0. The molecule has 1 heterocycles.